The van der Waals surface area contributed by atoms with Crippen LogP contribution in [0.3, 0.4) is 0 Å². The van der Waals surface area contributed by atoms with Crippen molar-refractivity contribution in [3.05, 3.63) is 48.2 Å². The second kappa shape index (κ2) is 8.70. The molecule has 10 heteroatoms. The maximum absolute atomic E-state index is 13.1. The molecule has 0 aliphatic carbocycles. The first kappa shape index (κ1) is 21.2. The maximum Gasteiger partial charge on any atom is 0.268 e. The van der Waals surface area contributed by atoms with Crippen molar-refractivity contribution in [2.24, 2.45) is 0 Å². The van der Waals surface area contributed by atoms with Gasteiger partial charge in [0.1, 0.15) is 10.7 Å². The van der Waals surface area contributed by atoms with Gasteiger partial charge in [-0.15, -0.1) is 0 Å². The van der Waals surface area contributed by atoms with E-state index >= 15 is 0 Å². The number of hydrogen-bond donors (Lipinski definition) is 3. The van der Waals surface area contributed by atoms with Crippen molar-refractivity contribution in [1.29, 1.82) is 0 Å². The Hall–Kier alpha value is -3.66. The predicted octanol–water partition coefficient (Wildman–Crippen LogP) is 3.21. The molecule has 3 N–H and O–H groups in total. The summed E-state index contributed by atoms with van der Waals surface area (Å²) in [7, 11) is 0. The van der Waals surface area contributed by atoms with Crippen molar-refractivity contribution < 1.29 is 14.4 Å². The zero-order valence-electron chi connectivity index (χ0n) is 18.0. The number of carbonyl (C=O) groups excluding carboxylic acids is 3. The summed E-state index contributed by atoms with van der Waals surface area (Å²) in [5.41, 5.74) is 1.89. The highest BCUT2D eigenvalue weighted by atomic mass is 32.1. The zero-order valence-corrected chi connectivity index (χ0v) is 18.8. The summed E-state index contributed by atoms with van der Waals surface area (Å²) >= 11 is 1.35. The zero-order chi connectivity index (χ0) is 22.9. The number of benzene rings is 1. The number of hydrogen-bond acceptors (Lipinski definition) is 6. The lowest BCUT2D eigenvalue weighted by molar-refractivity contribution is -0.111. The van der Waals surface area contributed by atoms with Gasteiger partial charge in [-0.3, -0.25) is 14.4 Å². The predicted molar refractivity (Wildman–Crippen MR) is 129 cm³/mol. The summed E-state index contributed by atoms with van der Waals surface area (Å²) < 4.78 is 1.93. The van der Waals surface area contributed by atoms with Gasteiger partial charge in [0.25, 0.3) is 11.8 Å². The Bertz CT molecular complexity index is 1270. The number of fused-ring (bicyclic) bond motifs is 3. The molecule has 1 saturated heterocycles. The van der Waals surface area contributed by atoms with Crippen LogP contribution in [0.25, 0.3) is 10.9 Å². The lowest BCUT2D eigenvalue weighted by Gasteiger charge is -2.25. The number of nitrogens with one attached hydrogen (secondary N) is 3. The molecule has 3 amide bonds. The van der Waals surface area contributed by atoms with Gasteiger partial charge in [-0.05, 0) is 43.5 Å². The van der Waals surface area contributed by atoms with Gasteiger partial charge in [0.05, 0.1) is 0 Å². The molecule has 0 radical (unpaired) electrons. The third kappa shape index (κ3) is 4.09. The molecule has 33 heavy (non-hydrogen) atoms. The van der Waals surface area contributed by atoms with E-state index in [0.29, 0.717) is 35.2 Å². The summed E-state index contributed by atoms with van der Waals surface area (Å²) in [6.45, 7) is 6.50. The Labute approximate surface area is 194 Å². The van der Waals surface area contributed by atoms with Crippen LogP contribution in [0, 0.1) is 0 Å². The van der Waals surface area contributed by atoms with Crippen LogP contribution in [0.5, 0.6) is 0 Å². The van der Waals surface area contributed by atoms with Gasteiger partial charge in [0, 0.05) is 42.6 Å². The largest absolute Gasteiger partial charge is 0.349 e. The van der Waals surface area contributed by atoms with Gasteiger partial charge in [-0.1, -0.05) is 24.0 Å². The molecule has 170 valence electrons. The van der Waals surface area contributed by atoms with E-state index in [9.17, 15) is 14.4 Å². The van der Waals surface area contributed by atoms with Crippen LogP contribution in [0.2, 0.25) is 0 Å². The van der Waals surface area contributed by atoms with E-state index in [-0.39, 0.29) is 17.7 Å². The fourth-order valence-corrected chi connectivity index (χ4v) is 5.21. The van der Waals surface area contributed by atoms with Crippen LogP contribution < -0.4 is 20.9 Å². The number of rotatable bonds is 5. The average molecular weight is 465 g/mol. The topological polar surface area (TPSA) is 108 Å². The van der Waals surface area contributed by atoms with Gasteiger partial charge >= 0.3 is 0 Å². The highest BCUT2D eigenvalue weighted by Crippen LogP contribution is 2.36. The lowest BCUT2D eigenvalue weighted by atomic mass is 10.1. The van der Waals surface area contributed by atoms with E-state index in [0.717, 1.165) is 42.0 Å². The van der Waals surface area contributed by atoms with Crippen LogP contribution in [0.4, 0.5) is 16.0 Å². The van der Waals surface area contributed by atoms with Crippen molar-refractivity contribution >= 4 is 55.9 Å². The quantitative estimate of drug-likeness (QED) is 0.503. The first-order valence-corrected chi connectivity index (χ1v) is 11.8. The van der Waals surface area contributed by atoms with Crippen LogP contribution in [0.1, 0.15) is 40.1 Å². The van der Waals surface area contributed by atoms with Crippen LogP contribution >= 0.6 is 11.3 Å². The van der Waals surface area contributed by atoms with Crippen molar-refractivity contribution in [3.63, 3.8) is 0 Å². The van der Waals surface area contributed by atoms with Crippen molar-refractivity contribution in [3.8, 4) is 0 Å². The molecule has 9 nitrogen and oxygen atoms in total. The number of aromatic nitrogens is 2. The molecule has 0 spiro atoms. The average Bonchev–Trinajstić information content (AvgIpc) is 3.41. The second-order valence-electron chi connectivity index (χ2n) is 8.08. The molecular weight excluding hydrogens is 440 g/mol. The molecule has 1 aromatic carbocycles. The van der Waals surface area contributed by atoms with Crippen molar-refractivity contribution in [2.75, 3.05) is 35.2 Å². The molecule has 3 aromatic rings. The number of amides is 3. The molecule has 2 aromatic heterocycles. The molecule has 5 rings (SSSR count). The van der Waals surface area contributed by atoms with Crippen LogP contribution in [-0.4, -0.2) is 46.9 Å². The highest BCUT2D eigenvalue weighted by Gasteiger charge is 2.23. The van der Waals surface area contributed by atoms with E-state index < -0.39 is 0 Å². The van der Waals surface area contributed by atoms with E-state index in [2.05, 4.69) is 32.4 Å². The third-order valence-electron chi connectivity index (χ3n) is 5.92. The van der Waals surface area contributed by atoms with Gasteiger partial charge in [-0.2, -0.15) is 0 Å². The minimum atomic E-state index is -0.388. The Balaban J connectivity index is 1.44. The molecular formula is C23H24N6O3S. The number of anilines is 3. The van der Waals surface area contributed by atoms with Gasteiger partial charge in [0.15, 0.2) is 10.9 Å². The number of carbonyl (C=O) groups is 3. The fraction of sp³-hybridized carbons (Fsp3) is 0.304. The number of thiazole rings is 1. The van der Waals surface area contributed by atoms with Crippen molar-refractivity contribution in [1.82, 2.24) is 14.9 Å². The molecule has 4 heterocycles. The first-order chi connectivity index (χ1) is 16.0. The van der Waals surface area contributed by atoms with E-state index in [1.165, 1.54) is 23.8 Å². The van der Waals surface area contributed by atoms with E-state index in [4.69, 9.17) is 0 Å². The summed E-state index contributed by atoms with van der Waals surface area (Å²) in [6.07, 6.45) is 4.55. The maximum atomic E-state index is 13.1. The molecule has 1 fully saturated rings. The number of nitrogens with zero attached hydrogens (tertiary/aromatic N) is 3. The number of piperidine rings is 1. The Morgan fingerprint density at radius 2 is 1.94 bits per heavy atom. The second-order valence-corrected chi connectivity index (χ2v) is 9.06. The molecule has 0 unspecified atom stereocenters. The first-order valence-electron chi connectivity index (χ1n) is 11.0. The summed E-state index contributed by atoms with van der Waals surface area (Å²) in [5.74, 6) is -0.492. The summed E-state index contributed by atoms with van der Waals surface area (Å²) in [4.78, 5) is 44.0. The molecule has 2 aliphatic heterocycles. The minimum absolute atomic E-state index is 0.110. The SMILES string of the molecule is C=CC(=O)Nc1nc(N2CCCCC2)sc1NC(=O)c1ccc2cc3n(c2c1)CCNC3=O. The van der Waals surface area contributed by atoms with Crippen molar-refractivity contribution in [2.45, 2.75) is 25.8 Å². The highest BCUT2D eigenvalue weighted by molar-refractivity contribution is 7.20. The minimum Gasteiger partial charge on any atom is -0.349 e. The Kier molecular flexibility index (Phi) is 5.59. The van der Waals surface area contributed by atoms with E-state index in [1.807, 2.05) is 16.7 Å². The van der Waals surface area contributed by atoms with Crippen LogP contribution in [0.15, 0.2) is 36.9 Å². The molecule has 0 bridgehead atoms. The molecule has 0 saturated carbocycles. The van der Waals surface area contributed by atoms with Crippen LogP contribution in [-0.2, 0) is 11.3 Å². The third-order valence-corrected chi connectivity index (χ3v) is 6.95. The normalized spacial score (nSPS) is 15.6. The fourth-order valence-electron chi connectivity index (χ4n) is 4.24. The molecule has 0 atom stereocenters. The van der Waals surface area contributed by atoms with Gasteiger partial charge < -0.3 is 25.4 Å². The standard InChI is InChI=1S/C23H24N6O3S/c1-2-18(30)25-19-22(33-23(26-19)28-9-4-3-5-10-28)27-20(31)15-7-6-14-12-17-21(32)24-8-11-29(17)16(14)13-15/h2,6-7,12-13H,1,3-5,8-11H2,(H,24,32)(H,25,30)(H,27,31). The Morgan fingerprint density at radius 1 is 1.12 bits per heavy atom. The van der Waals surface area contributed by atoms with Gasteiger partial charge in [-0.25, -0.2) is 4.98 Å². The summed E-state index contributed by atoms with van der Waals surface area (Å²) in [6, 6.07) is 7.20. The lowest BCUT2D eigenvalue weighted by Crippen LogP contribution is -2.34. The smallest absolute Gasteiger partial charge is 0.268 e. The molecule has 2 aliphatic rings. The summed E-state index contributed by atoms with van der Waals surface area (Å²) in [5, 5.41) is 10.6. The Morgan fingerprint density at radius 3 is 2.73 bits per heavy atom. The van der Waals surface area contributed by atoms with Gasteiger partial charge in [0.2, 0.25) is 5.91 Å². The van der Waals surface area contributed by atoms with E-state index in [1.54, 1.807) is 12.1 Å². The monoisotopic (exact) mass is 464 g/mol.